The van der Waals surface area contributed by atoms with E-state index < -0.39 is 18.6 Å². The maximum atomic E-state index is 12.4. The van der Waals surface area contributed by atoms with Gasteiger partial charge >= 0.3 is 6.18 Å². The summed E-state index contributed by atoms with van der Waals surface area (Å²) in [5.41, 5.74) is -0.00190. The Balaban J connectivity index is 2.01. The van der Waals surface area contributed by atoms with E-state index in [1.54, 1.807) is 0 Å². The Morgan fingerprint density at radius 1 is 1.45 bits per heavy atom. The Morgan fingerprint density at radius 2 is 2.20 bits per heavy atom. The average molecular weight is 367 g/mol. The molecule has 0 saturated heterocycles. The van der Waals surface area contributed by atoms with Crippen LogP contribution < -0.4 is 5.32 Å². The van der Waals surface area contributed by atoms with Crippen molar-refractivity contribution in [3.8, 4) is 0 Å². The molecule has 2 rings (SSSR count). The van der Waals surface area contributed by atoms with Gasteiger partial charge in [0, 0.05) is 20.9 Å². The van der Waals surface area contributed by atoms with Gasteiger partial charge in [-0.2, -0.15) is 13.2 Å². The first-order chi connectivity index (χ1) is 9.35. The van der Waals surface area contributed by atoms with E-state index in [4.69, 9.17) is 0 Å². The van der Waals surface area contributed by atoms with E-state index in [1.165, 1.54) is 29.7 Å². The lowest BCUT2D eigenvalue weighted by molar-refractivity contribution is -0.140. The lowest BCUT2D eigenvalue weighted by Crippen LogP contribution is -2.27. The molecule has 0 atom stereocenters. The van der Waals surface area contributed by atoms with Gasteiger partial charge in [0.25, 0.3) is 5.91 Å². The molecule has 0 fully saturated rings. The van der Waals surface area contributed by atoms with E-state index in [-0.39, 0.29) is 12.2 Å². The van der Waals surface area contributed by atoms with Crippen molar-refractivity contribution in [2.45, 2.75) is 19.3 Å². The molecular weight excluding hydrogens is 357 g/mol. The molecular formula is C12H10BrF3N2OS. The fourth-order valence-corrected chi connectivity index (χ4v) is 3.05. The number of halogens is 4. The van der Waals surface area contributed by atoms with Gasteiger partial charge in [-0.05, 0) is 34.1 Å². The number of carbonyl (C=O) groups is 1. The summed E-state index contributed by atoms with van der Waals surface area (Å²) in [4.78, 5) is 12.8. The largest absolute Gasteiger partial charge is 0.406 e. The van der Waals surface area contributed by atoms with E-state index in [9.17, 15) is 18.0 Å². The predicted octanol–water partition coefficient (Wildman–Crippen LogP) is 3.80. The van der Waals surface area contributed by atoms with Gasteiger partial charge in [-0.1, -0.05) is 0 Å². The van der Waals surface area contributed by atoms with Crippen LogP contribution in [0.2, 0.25) is 0 Å². The first kappa shape index (κ1) is 15.1. The van der Waals surface area contributed by atoms with Crippen molar-refractivity contribution < 1.29 is 18.0 Å². The Labute approximate surface area is 125 Å². The standard InChI is InChI=1S/C12H10BrF3N2OS/c13-8-4-9(20-6-8)5-17-11(19)10-2-1-3-18(10)7-12(14,15)16/h1-4,6H,5,7H2,(H,17,19). The molecule has 0 aliphatic carbocycles. The van der Waals surface area contributed by atoms with Crippen LogP contribution in [0.25, 0.3) is 0 Å². The highest BCUT2D eigenvalue weighted by Gasteiger charge is 2.29. The highest BCUT2D eigenvalue weighted by molar-refractivity contribution is 9.10. The van der Waals surface area contributed by atoms with Crippen LogP contribution in [0.5, 0.6) is 0 Å². The highest BCUT2D eigenvalue weighted by atomic mass is 79.9. The van der Waals surface area contributed by atoms with Crippen molar-refractivity contribution in [2.75, 3.05) is 0 Å². The smallest absolute Gasteiger partial charge is 0.346 e. The average Bonchev–Trinajstić information content (AvgIpc) is 2.93. The number of carbonyl (C=O) groups excluding carboxylic acids is 1. The van der Waals surface area contributed by atoms with Crippen LogP contribution >= 0.6 is 27.3 Å². The molecule has 1 amide bonds. The fraction of sp³-hybridized carbons (Fsp3) is 0.250. The van der Waals surface area contributed by atoms with Crippen LogP contribution in [0.15, 0.2) is 34.2 Å². The SMILES string of the molecule is O=C(NCc1cc(Br)cs1)c1cccn1CC(F)(F)F. The topological polar surface area (TPSA) is 34.0 Å². The van der Waals surface area contributed by atoms with Gasteiger partial charge in [0.2, 0.25) is 0 Å². The molecule has 108 valence electrons. The molecule has 0 aliphatic heterocycles. The minimum atomic E-state index is -4.35. The Morgan fingerprint density at radius 3 is 2.80 bits per heavy atom. The number of nitrogens with zero attached hydrogens (tertiary/aromatic N) is 1. The minimum Gasteiger partial charge on any atom is -0.346 e. The van der Waals surface area contributed by atoms with Gasteiger partial charge in [-0.25, -0.2) is 0 Å². The van der Waals surface area contributed by atoms with E-state index >= 15 is 0 Å². The number of alkyl halides is 3. The number of hydrogen-bond acceptors (Lipinski definition) is 2. The van der Waals surface area contributed by atoms with Gasteiger partial charge in [0.1, 0.15) is 12.2 Å². The monoisotopic (exact) mass is 366 g/mol. The Bertz CT molecular complexity index is 606. The molecule has 8 heteroatoms. The van der Waals surface area contributed by atoms with Crippen LogP contribution in [0.3, 0.4) is 0 Å². The second-order valence-electron chi connectivity index (χ2n) is 4.05. The summed E-state index contributed by atoms with van der Waals surface area (Å²) in [5.74, 6) is -0.524. The van der Waals surface area contributed by atoms with Crippen LogP contribution in [0.1, 0.15) is 15.4 Å². The summed E-state index contributed by atoms with van der Waals surface area (Å²) in [6, 6.07) is 4.63. The van der Waals surface area contributed by atoms with Crippen molar-refractivity contribution in [1.82, 2.24) is 9.88 Å². The first-order valence-electron chi connectivity index (χ1n) is 5.58. The maximum Gasteiger partial charge on any atom is 0.406 e. The third-order valence-electron chi connectivity index (χ3n) is 2.46. The summed E-state index contributed by atoms with van der Waals surface area (Å²) >= 11 is 4.75. The highest BCUT2D eigenvalue weighted by Crippen LogP contribution is 2.20. The molecule has 0 unspecified atom stereocenters. The molecule has 0 aromatic carbocycles. The number of aromatic nitrogens is 1. The second-order valence-corrected chi connectivity index (χ2v) is 5.96. The normalized spacial score (nSPS) is 11.6. The van der Waals surface area contributed by atoms with Crippen LogP contribution in [-0.4, -0.2) is 16.7 Å². The zero-order chi connectivity index (χ0) is 14.8. The summed E-state index contributed by atoms with van der Waals surface area (Å²) in [6.45, 7) is -0.889. The molecule has 0 aliphatic rings. The first-order valence-corrected chi connectivity index (χ1v) is 7.25. The molecule has 3 nitrogen and oxygen atoms in total. The summed E-state index contributed by atoms with van der Waals surface area (Å²) in [5, 5.41) is 4.47. The maximum absolute atomic E-state index is 12.4. The summed E-state index contributed by atoms with van der Waals surface area (Å²) < 4.78 is 38.9. The number of nitrogens with one attached hydrogen (secondary N) is 1. The van der Waals surface area contributed by atoms with Gasteiger partial charge in [-0.15, -0.1) is 11.3 Å². The molecule has 1 N–H and O–H groups in total. The minimum absolute atomic E-state index is 0.00190. The fourth-order valence-electron chi connectivity index (χ4n) is 1.66. The van der Waals surface area contributed by atoms with E-state index in [2.05, 4.69) is 21.2 Å². The van der Waals surface area contributed by atoms with Crippen LogP contribution in [0.4, 0.5) is 13.2 Å². The van der Waals surface area contributed by atoms with Crippen LogP contribution in [-0.2, 0) is 13.1 Å². The van der Waals surface area contributed by atoms with E-state index in [0.717, 1.165) is 13.9 Å². The van der Waals surface area contributed by atoms with E-state index in [0.29, 0.717) is 0 Å². The molecule has 20 heavy (non-hydrogen) atoms. The quantitative estimate of drug-likeness (QED) is 0.876. The van der Waals surface area contributed by atoms with Crippen molar-refractivity contribution in [1.29, 1.82) is 0 Å². The molecule has 0 spiro atoms. The van der Waals surface area contributed by atoms with Crippen molar-refractivity contribution in [2.24, 2.45) is 0 Å². The molecule has 0 bridgehead atoms. The van der Waals surface area contributed by atoms with E-state index in [1.807, 2.05) is 11.4 Å². The van der Waals surface area contributed by atoms with Crippen molar-refractivity contribution in [3.63, 3.8) is 0 Å². The van der Waals surface area contributed by atoms with Gasteiger partial charge in [-0.3, -0.25) is 4.79 Å². The number of rotatable bonds is 4. The zero-order valence-corrected chi connectivity index (χ0v) is 12.5. The third-order valence-corrected chi connectivity index (χ3v) is 4.15. The summed E-state index contributed by atoms with van der Waals surface area (Å²) in [7, 11) is 0. The Kier molecular flexibility index (Phi) is 4.54. The molecule has 2 aromatic rings. The van der Waals surface area contributed by atoms with Crippen molar-refractivity contribution in [3.05, 3.63) is 44.8 Å². The lowest BCUT2D eigenvalue weighted by atomic mass is 10.3. The van der Waals surface area contributed by atoms with Gasteiger partial charge in [0.15, 0.2) is 0 Å². The molecule has 0 saturated carbocycles. The molecule has 0 radical (unpaired) electrons. The predicted molar refractivity (Wildman–Crippen MR) is 73.7 cm³/mol. The lowest BCUT2D eigenvalue weighted by Gasteiger charge is -2.11. The third kappa shape index (κ3) is 4.11. The van der Waals surface area contributed by atoms with Gasteiger partial charge in [0.05, 0.1) is 6.54 Å². The number of thiophene rings is 1. The van der Waals surface area contributed by atoms with Crippen molar-refractivity contribution >= 4 is 33.2 Å². The second kappa shape index (κ2) is 6.01. The molecule has 2 aromatic heterocycles. The van der Waals surface area contributed by atoms with Crippen LogP contribution in [0, 0.1) is 0 Å². The number of amides is 1. The zero-order valence-electron chi connectivity index (χ0n) is 10.1. The summed E-state index contributed by atoms with van der Waals surface area (Å²) in [6.07, 6.45) is -3.11. The molecule has 2 heterocycles. The Hall–Kier alpha value is -1.28. The number of hydrogen-bond donors (Lipinski definition) is 1. The van der Waals surface area contributed by atoms with Gasteiger partial charge < -0.3 is 9.88 Å².